The van der Waals surface area contributed by atoms with E-state index in [4.69, 9.17) is 4.74 Å². The highest BCUT2D eigenvalue weighted by atomic mass is 32.2. The summed E-state index contributed by atoms with van der Waals surface area (Å²) >= 11 is 1.10. The number of benzene rings is 1. The molecule has 0 aliphatic heterocycles. The smallest absolute Gasteiger partial charge is 0.306 e. The molecule has 2 atom stereocenters. The molecule has 0 amide bonds. The summed E-state index contributed by atoms with van der Waals surface area (Å²) in [7, 11) is 0. The number of ketones is 1. The average molecular weight is 368 g/mol. The van der Waals surface area contributed by atoms with E-state index in [0.29, 0.717) is 16.9 Å². The first kappa shape index (κ1) is 21.3. The number of rotatable bonds is 10. The molecule has 7 heteroatoms. The number of aliphatic hydroxyl groups excluding tert-OH is 2. The molecular weight excluding hydrogens is 344 g/mol. The van der Waals surface area contributed by atoms with Crippen molar-refractivity contribution >= 4 is 28.6 Å². The Morgan fingerprint density at radius 3 is 2.32 bits per heavy atom. The second-order valence-electron chi connectivity index (χ2n) is 5.49. The molecule has 0 saturated heterocycles. The van der Waals surface area contributed by atoms with E-state index in [0.717, 1.165) is 11.8 Å². The summed E-state index contributed by atoms with van der Waals surface area (Å²) in [6.45, 7) is 3.44. The van der Waals surface area contributed by atoms with Crippen LogP contribution in [0.1, 0.15) is 55.1 Å². The van der Waals surface area contributed by atoms with E-state index in [1.165, 1.54) is 6.92 Å². The van der Waals surface area contributed by atoms with Gasteiger partial charge in [0.05, 0.1) is 19.1 Å². The van der Waals surface area contributed by atoms with E-state index in [-0.39, 0.29) is 36.8 Å². The number of thioether (sulfide) groups is 1. The van der Waals surface area contributed by atoms with Crippen molar-refractivity contribution in [2.24, 2.45) is 0 Å². The minimum absolute atomic E-state index is 0.0313. The summed E-state index contributed by atoms with van der Waals surface area (Å²) < 4.78 is 4.78. The van der Waals surface area contributed by atoms with Crippen LogP contribution in [0.2, 0.25) is 0 Å². The third kappa shape index (κ3) is 7.81. The van der Waals surface area contributed by atoms with Gasteiger partial charge in [0.2, 0.25) is 0 Å². The SMILES string of the molecule is CCOC(=O)CCC(=O)c1ccc(C(O)C(O)CCSC(C)=O)cc1. The van der Waals surface area contributed by atoms with Gasteiger partial charge >= 0.3 is 5.97 Å². The van der Waals surface area contributed by atoms with Crippen molar-refractivity contribution in [2.45, 2.75) is 45.3 Å². The molecule has 0 aliphatic carbocycles. The van der Waals surface area contributed by atoms with Crippen LogP contribution in [0.4, 0.5) is 0 Å². The van der Waals surface area contributed by atoms with Gasteiger partial charge in [-0.3, -0.25) is 14.4 Å². The highest BCUT2D eigenvalue weighted by Crippen LogP contribution is 2.21. The first-order valence-electron chi connectivity index (χ1n) is 8.13. The predicted octanol–water partition coefficient (Wildman–Crippen LogP) is 2.28. The summed E-state index contributed by atoms with van der Waals surface area (Å²) in [5, 5.41) is 20.1. The summed E-state index contributed by atoms with van der Waals surface area (Å²) in [6, 6.07) is 6.26. The number of Topliss-reactive ketones (excluding diaryl/α,β-unsaturated/α-hetero) is 1. The number of aliphatic hydroxyl groups is 2. The van der Waals surface area contributed by atoms with Crippen molar-refractivity contribution in [3.63, 3.8) is 0 Å². The Morgan fingerprint density at radius 2 is 1.76 bits per heavy atom. The lowest BCUT2D eigenvalue weighted by Crippen LogP contribution is -2.19. The zero-order valence-electron chi connectivity index (χ0n) is 14.4. The molecule has 138 valence electrons. The monoisotopic (exact) mass is 368 g/mol. The molecule has 0 spiro atoms. The third-order valence-corrected chi connectivity index (χ3v) is 4.37. The van der Waals surface area contributed by atoms with Crippen LogP contribution in [0.25, 0.3) is 0 Å². The average Bonchev–Trinajstić information content (AvgIpc) is 2.59. The fraction of sp³-hybridized carbons (Fsp3) is 0.500. The maximum absolute atomic E-state index is 12.0. The van der Waals surface area contributed by atoms with Crippen LogP contribution in [0.5, 0.6) is 0 Å². The Morgan fingerprint density at radius 1 is 1.12 bits per heavy atom. The molecule has 6 nitrogen and oxygen atoms in total. The number of ether oxygens (including phenoxy) is 1. The van der Waals surface area contributed by atoms with E-state index in [9.17, 15) is 24.6 Å². The van der Waals surface area contributed by atoms with E-state index in [1.807, 2.05) is 0 Å². The Hall–Kier alpha value is -1.70. The highest BCUT2D eigenvalue weighted by Gasteiger charge is 2.19. The molecule has 2 unspecified atom stereocenters. The van der Waals surface area contributed by atoms with E-state index in [1.54, 1.807) is 31.2 Å². The predicted molar refractivity (Wildman–Crippen MR) is 95.4 cm³/mol. The molecule has 2 N–H and O–H groups in total. The number of hydrogen-bond donors (Lipinski definition) is 2. The van der Waals surface area contributed by atoms with Crippen LogP contribution >= 0.6 is 11.8 Å². The molecule has 0 aromatic heterocycles. The van der Waals surface area contributed by atoms with Crippen LogP contribution in [0, 0.1) is 0 Å². The first-order chi connectivity index (χ1) is 11.8. The normalized spacial score (nSPS) is 13.1. The molecule has 1 aromatic carbocycles. The summed E-state index contributed by atoms with van der Waals surface area (Å²) in [5.74, 6) is -0.167. The third-order valence-electron chi connectivity index (χ3n) is 3.52. The lowest BCUT2D eigenvalue weighted by Gasteiger charge is -2.18. The summed E-state index contributed by atoms with van der Waals surface area (Å²) in [6.07, 6.45) is -1.70. The number of carbonyl (C=O) groups is 3. The van der Waals surface area contributed by atoms with Crippen LogP contribution in [0.3, 0.4) is 0 Å². The zero-order chi connectivity index (χ0) is 18.8. The van der Waals surface area contributed by atoms with E-state index < -0.39 is 18.2 Å². The molecular formula is C18H24O6S. The zero-order valence-corrected chi connectivity index (χ0v) is 15.3. The van der Waals surface area contributed by atoms with Crippen molar-refractivity contribution in [3.8, 4) is 0 Å². The maximum atomic E-state index is 12.0. The molecule has 1 rings (SSSR count). The van der Waals surface area contributed by atoms with Gasteiger partial charge in [0, 0.05) is 24.7 Å². The van der Waals surface area contributed by atoms with Gasteiger partial charge in [0.1, 0.15) is 6.10 Å². The molecule has 0 aliphatic rings. The molecule has 0 bridgehead atoms. The van der Waals surface area contributed by atoms with Crippen molar-refractivity contribution < 1.29 is 29.3 Å². The standard InChI is InChI=1S/C18H24O6S/c1-3-24-17(22)9-8-15(20)13-4-6-14(7-5-13)18(23)16(21)10-11-25-12(2)19/h4-7,16,18,21,23H,3,8-11H2,1-2H3. The first-order valence-corrected chi connectivity index (χ1v) is 9.12. The second-order valence-corrected chi connectivity index (χ2v) is 6.76. The largest absolute Gasteiger partial charge is 0.466 e. The van der Waals surface area contributed by atoms with Gasteiger partial charge in [-0.2, -0.15) is 0 Å². The molecule has 0 fully saturated rings. The summed E-state index contributed by atoms with van der Waals surface area (Å²) in [5.41, 5.74) is 0.921. The van der Waals surface area contributed by atoms with Crippen LogP contribution in [-0.2, 0) is 14.3 Å². The topological polar surface area (TPSA) is 101 Å². The number of esters is 1. The maximum Gasteiger partial charge on any atom is 0.306 e. The quantitative estimate of drug-likeness (QED) is 0.482. The Kier molecular flexibility index (Phi) is 9.41. The van der Waals surface area contributed by atoms with Gasteiger partial charge in [-0.25, -0.2) is 0 Å². The van der Waals surface area contributed by atoms with Crippen molar-refractivity contribution in [1.29, 1.82) is 0 Å². The van der Waals surface area contributed by atoms with Gasteiger partial charge in [0.25, 0.3) is 0 Å². The molecule has 0 saturated carbocycles. The van der Waals surface area contributed by atoms with Gasteiger partial charge in [-0.15, -0.1) is 0 Å². The second kappa shape index (κ2) is 11.0. The molecule has 0 radical (unpaired) electrons. The Balaban J connectivity index is 2.55. The minimum Gasteiger partial charge on any atom is -0.466 e. The lowest BCUT2D eigenvalue weighted by molar-refractivity contribution is -0.143. The minimum atomic E-state index is -1.09. The summed E-state index contributed by atoms with van der Waals surface area (Å²) in [4.78, 5) is 34.1. The Bertz CT molecular complexity index is 584. The fourth-order valence-electron chi connectivity index (χ4n) is 2.16. The van der Waals surface area contributed by atoms with Gasteiger partial charge in [0.15, 0.2) is 10.9 Å². The number of hydrogen-bond acceptors (Lipinski definition) is 7. The van der Waals surface area contributed by atoms with Gasteiger partial charge in [-0.1, -0.05) is 36.0 Å². The van der Waals surface area contributed by atoms with Crippen molar-refractivity contribution in [3.05, 3.63) is 35.4 Å². The van der Waals surface area contributed by atoms with Crippen LogP contribution in [-0.4, -0.2) is 45.5 Å². The van der Waals surface area contributed by atoms with Crippen LogP contribution in [0.15, 0.2) is 24.3 Å². The van der Waals surface area contributed by atoms with E-state index in [2.05, 4.69) is 0 Å². The van der Waals surface area contributed by atoms with Crippen molar-refractivity contribution in [1.82, 2.24) is 0 Å². The van der Waals surface area contributed by atoms with E-state index >= 15 is 0 Å². The highest BCUT2D eigenvalue weighted by molar-refractivity contribution is 8.13. The van der Waals surface area contributed by atoms with Crippen molar-refractivity contribution in [2.75, 3.05) is 12.4 Å². The van der Waals surface area contributed by atoms with Crippen LogP contribution < -0.4 is 0 Å². The molecule has 0 heterocycles. The fourth-order valence-corrected chi connectivity index (χ4v) is 2.81. The molecule has 25 heavy (non-hydrogen) atoms. The van der Waals surface area contributed by atoms with Gasteiger partial charge in [-0.05, 0) is 18.9 Å². The number of carbonyl (C=O) groups excluding carboxylic acids is 3. The molecule has 1 aromatic rings. The lowest BCUT2D eigenvalue weighted by atomic mass is 9.99. The van der Waals surface area contributed by atoms with Gasteiger partial charge < -0.3 is 14.9 Å². The Labute approximate surface area is 151 Å².